The number of nitrogens with zero attached hydrogens (tertiary/aromatic N) is 2. The molecule has 1 saturated heterocycles. The highest BCUT2D eigenvalue weighted by atomic mass is 16.5. The zero-order chi connectivity index (χ0) is 25.3. The number of phenolic OH excluding ortho intramolecular Hbond substituents is 2. The van der Waals surface area contributed by atoms with Crippen LogP contribution < -0.4 is 14.2 Å². The summed E-state index contributed by atoms with van der Waals surface area (Å²) < 4.78 is 16.7. The fraction of sp³-hybridized carbons (Fsp3) is 0.423. The number of aromatic hydroxyl groups is 2. The van der Waals surface area contributed by atoms with Crippen LogP contribution in [0.5, 0.6) is 28.7 Å². The van der Waals surface area contributed by atoms with E-state index >= 15 is 0 Å². The van der Waals surface area contributed by atoms with Crippen LogP contribution in [0.3, 0.4) is 0 Å². The van der Waals surface area contributed by atoms with Crippen molar-refractivity contribution in [3.05, 3.63) is 45.1 Å². The van der Waals surface area contributed by atoms with Crippen molar-refractivity contribution in [2.24, 2.45) is 0 Å². The molecular weight excluding hydrogens is 452 g/mol. The fourth-order valence-corrected chi connectivity index (χ4v) is 6.08. The first-order chi connectivity index (χ1) is 16.7. The lowest BCUT2D eigenvalue weighted by atomic mass is 9.78. The quantitative estimate of drug-likeness (QED) is 0.610. The normalized spacial score (nSPS) is 22.7. The van der Waals surface area contributed by atoms with Crippen molar-refractivity contribution >= 4 is 12.0 Å². The number of carbonyl (C=O) groups is 1. The number of hydrogen-bond acceptors (Lipinski definition) is 8. The first-order valence-electron chi connectivity index (χ1n) is 11.5. The number of likely N-dealkylation sites (N-methyl/N-ethyl adjacent to an activating group) is 1. The van der Waals surface area contributed by atoms with Gasteiger partial charge in [-0.25, -0.2) is 0 Å². The minimum absolute atomic E-state index is 0.0118. The molecule has 2 aromatic rings. The number of phenols is 2. The molecule has 0 saturated carbocycles. The Labute approximate surface area is 203 Å². The summed E-state index contributed by atoms with van der Waals surface area (Å²) in [7, 11) is 6.34. The van der Waals surface area contributed by atoms with Gasteiger partial charge in [-0.2, -0.15) is 0 Å². The maximum Gasteiger partial charge on any atom is 0.245 e. The third-order valence-corrected chi connectivity index (χ3v) is 7.65. The molecule has 0 aromatic heterocycles. The van der Waals surface area contributed by atoms with E-state index in [9.17, 15) is 20.1 Å². The molecule has 3 N–H and O–H groups in total. The number of aliphatic hydroxyl groups excluding tert-OH is 1. The maximum absolute atomic E-state index is 13.9. The summed E-state index contributed by atoms with van der Waals surface area (Å²) in [5.74, 6) is 0.960. The minimum atomic E-state index is -0.803. The van der Waals surface area contributed by atoms with E-state index in [-0.39, 0.29) is 17.4 Å². The smallest absolute Gasteiger partial charge is 0.245 e. The van der Waals surface area contributed by atoms with Crippen LogP contribution >= 0.6 is 0 Å². The van der Waals surface area contributed by atoms with Gasteiger partial charge in [0.15, 0.2) is 23.0 Å². The first-order valence-corrected chi connectivity index (χ1v) is 11.5. The predicted molar refractivity (Wildman–Crippen MR) is 128 cm³/mol. The van der Waals surface area contributed by atoms with Gasteiger partial charge in [0, 0.05) is 28.0 Å². The van der Waals surface area contributed by atoms with Gasteiger partial charge in [-0.05, 0) is 44.5 Å². The molecular formula is C26H30N2O7. The van der Waals surface area contributed by atoms with E-state index in [0.29, 0.717) is 51.6 Å². The van der Waals surface area contributed by atoms with Crippen molar-refractivity contribution in [2.75, 3.05) is 35.0 Å². The van der Waals surface area contributed by atoms with E-state index in [0.717, 1.165) is 11.1 Å². The Hall–Kier alpha value is -3.43. The van der Waals surface area contributed by atoms with Crippen LogP contribution in [-0.2, 0) is 11.2 Å². The number of fused-ring (bicyclic) bond motifs is 7. The second-order valence-corrected chi connectivity index (χ2v) is 9.28. The van der Waals surface area contributed by atoms with E-state index in [1.165, 1.54) is 21.3 Å². The molecule has 0 radical (unpaired) electrons. The van der Waals surface area contributed by atoms with Gasteiger partial charge in [0.1, 0.15) is 5.75 Å². The maximum atomic E-state index is 13.9. The summed E-state index contributed by atoms with van der Waals surface area (Å²) in [4.78, 5) is 17.4. The van der Waals surface area contributed by atoms with E-state index in [2.05, 4.69) is 0 Å². The molecule has 1 unspecified atom stereocenters. The Kier molecular flexibility index (Phi) is 5.37. The number of rotatable bonds is 4. The molecule has 1 fully saturated rings. The molecule has 0 spiro atoms. The van der Waals surface area contributed by atoms with Gasteiger partial charge in [-0.15, -0.1) is 0 Å². The number of carbonyl (C=O) groups excluding carboxylic acids is 1. The van der Waals surface area contributed by atoms with Crippen LogP contribution in [0.25, 0.3) is 6.08 Å². The van der Waals surface area contributed by atoms with Gasteiger partial charge >= 0.3 is 0 Å². The zero-order valence-electron chi connectivity index (χ0n) is 20.7. The Balaban J connectivity index is 1.85. The number of amides is 1. The summed E-state index contributed by atoms with van der Waals surface area (Å²) in [6, 6.07) is 0.174. The van der Waals surface area contributed by atoms with Crippen molar-refractivity contribution in [1.29, 1.82) is 0 Å². The Morgan fingerprint density at radius 1 is 1.00 bits per heavy atom. The largest absolute Gasteiger partial charge is 0.507 e. The van der Waals surface area contributed by atoms with Crippen LogP contribution in [0.1, 0.15) is 45.5 Å². The molecule has 3 atom stereocenters. The van der Waals surface area contributed by atoms with Crippen molar-refractivity contribution in [3.8, 4) is 28.7 Å². The van der Waals surface area contributed by atoms with Gasteiger partial charge < -0.3 is 34.4 Å². The predicted octanol–water partition coefficient (Wildman–Crippen LogP) is 2.57. The molecule has 5 rings (SSSR count). The highest BCUT2D eigenvalue weighted by Crippen LogP contribution is 2.57. The van der Waals surface area contributed by atoms with Crippen LogP contribution in [-0.4, -0.2) is 72.1 Å². The SMILES string of the molecule is COc1c(C)cc2c(c1O)C1C3=Cc4c(O)c(C)c(OC)c(OC)c4[C@H](CO)N3C(=O)[C@H](C2)N1C. The van der Waals surface area contributed by atoms with Crippen LogP contribution in [0.4, 0.5) is 0 Å². The first kappa shape index (κ1) is 23.3. The Morgan fingerprint density at radius 2 is 1.66 bits per heavy atom. The number of benzene rings is 2. The minimum Gasteiger partial charge on any atom is -0.507 e. The van der Waals surface area contributed by atoms with Gasteiger partial charge in [0.05, 0.1) is 46.1 Å². The summed E-state index contributed by atoms with van der Waals surface area (Å²) in [6.07, 6.45) is 2.16. The molecule has 1 amide bonds. The number of methoxy groups -OCH3 is 3. The van der Waals surface area contributed by atoms with Gasteiger partial charge in [-0.1, -0.05) is 6.07 Å². The number of aliphatic hydroxyl groups is 1. The van der Waals surface area contributed by atoms with E-state index in [1.807, 2.05) is 24.9 Å². The monoisotopic (exact) mass is 482 g/mol. The van der Waals surface area contributed by atoms with Crippen molar-refractivity contribution in [3.63, 3.8) is 0 Å². The molecule has 2 aromatic carbocycles. The van der Waals surface area contributed by atoms with Gasteiger partial charge in [0.25, 0.3) is 0 Å². The lowest BCUT2D eigenvalue weighted by molar-refractivity contribution is -0.144. The molecule has 186 valence electrons. The molecule has 3 heterocycles. The molecule has 9 heteroatoms. The zero-order valence-corrected chi connectivity index (χ0v) is 20.7. The topological polar surface area (TPSA) is 112 Å². The number of ether oxygens (including phenoxy) is 3. The molecule has 3 aliphatic rings. The van der Waals surface area contributed by atoms with Crippen molar-refractivity contribution < 1.29 is 34.3 Å². The summed E-state index contributed by atoms with van der Waals surface area (Å²) in [6.45, 7) is 3.19. The average Bonchev–Trinajstić information content (AvgIpc) is 2.83. The lowest BCUT2D eigenvalue weighted by Gasteiger charge is -2.53. The van der Waals surface area contributed by atoms with Crippen molar-refractivity contribution in [2.45, 2.75) is 38.4 Å². The Bertz CT molecular complexity index is 1290. The fourth-order valence-electron chi connectivity index (χ4n) is 6.08. The third kappa shape index (κ3) is 2.91. The second kappa shape index (κ2) is 8.07. The molecule has 9 nitrogen and oxygen atoms in total. The highest BCUT2D eigenvalue weighted by Gasteiger charge is 2.52. The number of piperazine rings is 1. The molecule has 3 aliphatic heterocycles. The number of aryl methyl sites for hydroxylation is 1. The van der Waals surface area contributed by atoms with Crippen LogP contribution in [0.2, 0.25) is 0 Å². The number of hydrogen-bond donors (Lipinski definition) is 3. The summed E-state index contributed by atoms with van der Waals surface area (Å²) >= 11 is 0. The van der Waals surface area contributed by atoms with Gasteiger partial charge in [-0.3, -0.25) is 9.69 Å². The third-order valence-electron chi connectivity index (χ3n) is 7.65. The standard InChI is InChI=1S/C26H30N2O7/c1-11-7-13-8-16-26(32)28-15(20(27(16)3)18(13)22(31)23(11)33-4)9-14-19(17(28)10-29)25(35-6)24(34-5)12(2)21(14)30/h7,9,16-17,20,29-31H,8,10H2,1-6H3/t16-,17-,20?/m0/s1. The molecule has 2 bridgehead atoms. The van der Waals surface area contributed by atoms with Gasteiger partial charge in [0.2, 0.25) is 5.91 Å². The average molecular weight is 483 g/mol. The summed E-state index contributed by atoms with van der Waals surface area (Å²) in [5.41, 5.74) is 4.31. The van der Waals surface area contributed by atoms with Crippen LogP contribution in [0.15, 0.2) is 11.8 Å². The second-order valence-electron chi connectivity index (χ2n) is 9.28. The van der Waals surface area contributed by atoms with E-state index in [1.54, 1.807) is 17.9 Å². The van der Waals surface area contributed by atoms with Crippen LogP contribution in [0, 0.1) is 13.8 Å². The van der Waals surface area contributed by atoms with E-state index in [4.69, 9.17) is 14.2 Å². The van der Waals surface area contributed by atoms with Crippen molar-refractivity contribution in [1.82, 2.24) is 9.80 Å². The van der Waals surface area contributed by atoms with E-state index < -0.39 is 24.7 Å². The highest BCUT2D eigenvalue weighted by molar-refractivity contribution is 5.91. The lowest BCUT2D eigenvalue weighted by Crippen LogP contribution is -2.60. The molecule has 0 aliphatic carbocycles. The molecule has 35 heavy (non-hydrogen) atoms. The Morgan fingerprint density at radius 3 is 2.26 bits per heavy atom. The summed E-state index contributed by atoms with van der Waals surface area (Å²) in [5, 5.41) is 33.0.